The second-order valence-electron chi connectivity index (χ2n) is 5.53. The van der Waals surface area contributed by atoms with Crippen LogP contribution in [0.25, 0.3) is 6.08 Å². The SMILES string of the molecule is CCOc1cccc2c1OCC(C(=O)NCc1cc(F)cc(Br)c1)=C2. The lowest BCUT2D eigenvalue weighted by molar-refractivity contribution is -0.117. The molecule has 2 aromatic carbocycles. The van der Waals surface area contributed by atoms with Crippen LogP contribution in [0, 0.1) is 5.82 Å². The number of para-hydroxylation sites is 1. The Morgan fingerprint density at radius 1 is 1.36 bits per heavy atom. The number of hydrogen-bond acceptors (Lipinski definition) is 3. The Labute approximate surface area is 153 Å². The molecule has 25 heavy (non-hydrogen) atoms. The highest BCUT2D eigenvalue weighted by Gasteiger charge is 2.20. The van der Waals surface area contributed by atoms with Crippen LogP contribution in [0.2, 0.25) is 0 Å². The molecule has 3 rings (SSSR count). The van der Waals surface area contributed by atoms with Gasteiger partial charge in [-0.1, -0.05) is 28.1 Å². The lowest BCUT2D eigenvalue weighted by Gasteiger charge is -2.20. The summed E-state index contributed by atoms with van der Waals surface area (Å²) < 4.78 is 25.3. The Bertz CT molecular complexity index is 815. The Morgan fingerprint density at radius 3 is 2.96 bits per heavy atom. The molecule has 1 aliphatic heterocycles. The number of hydrogen-bond donors (Lipinski definition) is 1. The van der Waals surface area contributed by atoms with Crippen LogP contribution in [-0.2, 0) is 11.3 Å². The standard InChI is InChI=1S/C19H17BrFNO3/c1-2-24-17-5-3-4-13-8-14(11-25-18(13)17)19(23)22-10-12-6-15(20)9-16(21)7-12/h3-9H,2,10-11H2,1H3,(H,22,23). The number of halogens is 2. The normalized spacial score (nSPS) is 12.7. The number of carbonyl (C=O) groups is 1. The number of fused-ring (bicyclic) bond motifs is 1. The summed E-state index contributed by atoms with van der Waals surface area (Å²) in [5.41, 5.74) is 1.99. The van der Waals surface area contributed by atoms with Crippen LogP contribution in [0.15, 0.2) is 46.4 Å². The average Bonchev–Trinajstić information content (AvgIpc) is 2.59. The predicted octanol–water partition coefficient (Wildman–Crippen LogP) is 4.08. The fraction of sp³-hybridized carbons (Fsp3) is 0.211. The number of benzene rings is 2. The summed E-state index contributed by atoms with van der Waals surface area (Å²) in [6.07, 6.45) is 1.79. The van der Waals surface area contributed by atoms with Crippen LogP contribution in [0.1, 0.15) is 18.1 Å². The minimum atomic E-state index is -0.351. The lowest BCUT2D eigenvalue weighted by Crippen LogP contribution is -2.28. The molecule has 0 unspecified atom stereocenters. The molecule has 0 saturated carbocycles. The van der Waals surface area contributed by atoms with Crippen molar-refractivity contribution in [3.05, 3.63) is 63.4 Å². The second-order valence-corrected chi connectivity index (χ2v) is 6.44. The molecule has 4 nitrogen and oxygen atoms in total. The van der Waals surface area contributed by atoms with E-state index in [9.17, 15) is 9.18 Å². The van der Waals surface area contributed by atoms with Crippen molar-refractivity contribution in [2.75, 3.05) is 13.2 Å². The summed E-state index contributed by atoms with van der Waals surface area (Å²) in [5, 5.41) is 2.79. The zero-order valence-electron chi connectivity index (χ0n) is 13.6. The summed E-state index contributed by atoms with van der Waals surface area (Å²) in [5.74, 6) is 0.722. The molecule has 0 fully saturated rings. The van der Waals surface area contributed by atoms with Crippen molar-refractivity contribution in [2.24, 2.45) is 0 Å². The van der Waals surface area contributed by atoms with Gasteiger partial charge in [0.05, 0.1) is 12.2 Å². The van der Waals surface area contributed by atoms with E-state index in [1.165, 1.54) is 12.1 Å². The average molecular weight is 406 g/mol. The van der Waals surface area contributed by atoms with Gasteiger partial charge in [-0.2, -0.15) is 0 Å². The summed E-state index contributed by atoms with van der Waals surface area (Å²) >= 11 is 3.24. The molecule has 6 heteroatoms. The second kappa shape index (κ2) is 7.70. The first-order chi connectivity index (χ1) is 12.1. The number of amides is 1. The van der Waals surface area contributed by atoms with Crippen molar-refractivity contribution in [3.63, 3.8) is 0 Å². The molecule has 0 atom stereocenters. The first kappa shape index (κ1) is 17.5. The van der Waals surface area contributed by atoms with E-state index in [0.29, 0.717) is 33.7 Å². The monoisotopic (exact) mass is 405 g/mol. The Hall–Kier alpha value is -2.34. The molecule has 0 saturated heterocycles. The molecule has 130 valence electrons. The van der Waals surface area contributed by atoms with Crippen LogP contribution in [-0.4, -0.2) is 19.1 Å². The maximum Gasteiger partial charge on any atom is 0.250 e. The third-order valence-electron chi connectivity index (χ3n) is 3.68. The predicted molar refractivity (Wildman–Crippen MR) is 97.0 cm³/mol. The quantitative estimate of drug-likeness (QED) is 0.814. The summed E-state index contributed by atoms with van der Waals surface area (Å²) in [7, 11) is 0. The minimum absolute atomic E-state index is 0.162. The van der Waals surface area contributed by atoms with E-state index in [2.05, 4.69) is 21.2 Å². The van der Waals surface area contributed by atoms with E-state index in [1.54, 1.807) is 12.1 Å². The molecule has 0 aromatic heterocycles. The molecule has 1 aliphatic rings. The van der Waals surface area contributed by atoms with E-state index in [4.69, 9.17) is 9.47 Å². The third-order valence-corrected chi connectivity index (χ3v) is 4.14. The van der Waals surface area contributed by atoms with Crippen LogP contribution in [0.5, 0.6) is 11.5 Å². The van der Waals surface area contributed by atoms with Gasteiger partial charge in [0.1, 0.15) is 12.4 Å². The number of rotatable bonds is 5. The smallest absolute Gasteiger partial charge is 0.250 e. The molecule has 0 spiro atoms. The van der Waals surface area contributed by atoms with Crippen molar-refractivity contribution >= 4 is 27.9 Å². The van der Waals surface area contributed by atoms with Crippen molar-refractivity contribution < 1.29 is 18.7 Å². The first-order valence-corrected chi connectivity index (χ1v) is 8.68. The minimum Gasteiger partial charge on any atom is -0.490 e. The van der Waals surface area contributed by atoms with Crippen LogP contribution in [0.4, 0.5) is 4.39 Å². The summed E-state index contributed by atoms with van der Waals surface area (Å²) in [4.78, 5) is 12.4. The van der Waals surface area contributed by atoms with Crippen LogP contribution >= 0.6 is 15.9 Å². The summed E-state index contributed by atoms with van der Waals surface area (Å²) in [6.45, 7) is 2.84. The van der Waals surface area contributed by atoms with Crippen LogP contribution < -0.4 is 14.8 Å². The van der Waals surface area contributed by atoms with Gasteiger partial charge in [0, 0.05) is 16.6 Å². The molecule has 1 heterocycles. The highest BCUT2D eigenvalue weighted by molar-refractivity contribution is 9.10. The fourth-order valence-electron chi connectivity index (χ4n) is 2.59. The van der Waals surface area contributed by atoms with Crippen LogP contribution in [0.3, 0.4) is 0 Å². The Kier molecular flexibility index (Phi) is 5.38. The molecule has 1 N–H and O–H groups in total. The maximum atomic E-state index is 13.4. The molecule has 0 bridgehead atoms. The molecular formula is C19H17BrFNO3. The van der Waals surface area contributed by atoms with E-state index < -0.39 is 0 Å². The number of ether oxygens (including phenoxy) is 2. The van der Waals surface area contributed by atoms with E-state index in [-0.39, 0.29) is 24.9 Å². The lowest BCUT2D eigenvalue weighted by atomic mass is 10.1. The van der Waals surface area contributed by atoms with Gasteiger partial charge in [-0.15, -0.1) is 0 Å². The molecule has 0 radical (unpaired) electrons. The Balaban J connectivity index is 1.72. The van der Waals surface area contributed by atoms with Gasteiger partial charge >= 0.3 is 0 Å². The van der Waals surface area contributed by atoms with Crippen molar-refractivity contribution in [1.29, 1.82) is 0 Å². The highest BCUT2D eigenvalue weighted by atomic mass is 79.9. The highest BCUT2D eigenvalue weighted by Crippen LogP contribution is 2.35. The molecule has 2 aromatic rings. The molecular weight excluding hydrogens is 389 g/mol. The van der Waals surface area contributed by atoms with Gasteiger partial charge in [0.25, 0.3) is 5.91 Å². The first-order valence-electron chi connectivity index (χ1n) is 7.89. The van der Waals surface area contributed by atoms with Gasteiger partial charge in [-0.05, 0) is 42.8 Å². The largest absolute Gasteiger partial charge is 0.490 e. The van der Waals surface area contributed by atoms with Gasteiger partial charge in [-0.25, -0.2) is 4.39 Å². The molecule has 1 amide bonds. The van der Waals surface area contributed by atoms with Crippen molar-refractivity contribution in [1.82, 2.24) is 5.32 Å². The fourth-order valence-corrected chi connectivity index (χ4v) is 3.10. The zero-order valence-corrected chi connectivity index (χ0v) is 15.2. The van der Waals surface area contributed by atoms with Gasteiger partial charge < -0.3 is 14.8 Å². The van der Waals surface area contributed by atoms with E-state index in [0.717, 1.165) is 5.56 Å². The van der Waals surface area contributed by atoms with Crippen molar-refractivity contribution in [3.8, 4) is 11.5 Å². The van der Waals surface area contributed by atoms with Gasteiger partial charge in [0.2, 0.25) is 0 Å². The maximum absolute atomic E-state index is 13.4. The topological polar surface area (TPSA) is 47.6 Å². The number of carbonyl (C=O) groups excluding carboxylic acids is 1. The number of nitrogens with one attached hydrogen (secondary N) is 1. The van der Waals surface area contributed by atoms with E-state index in [1.807, 2.05) is 25.1 Å². The third kappa shape index (κ3) is 4.20. The Morgan fingerprint density at radius 2 is 2.20 bits per heavy atom. The van der Waals surface area contributed by atoms with Crippen molar-refractivity contribution in [2.45, 2.75) is 13.5 Å². The van der Waals surface area contributed by atoms with Gasteiger partial charge in [-0.3, -0.25) is 4.79 Å². The van der Waals surface area contributed by atoms with E-state index >= 15 is 0 Å². The summed E-state index contributed by atoms with van der Waals surface area (Å²) in [6, 6.07) is 10.1. The zero-order chi connectivity index (χ0) is 17.8. The molecule has 0 aliphatic carbocycles. The van der Waals surface area contributed by atoms with Gasteiger partial charge in [0.15, 0.2) is 11.5 Å².